The van der Waals surface area contributed by atoms with Crippen LogP contribution < -0.4 is 0 Å². The highest BCUT2D eigenvalue weighted by molar-refractivity contribution is 7.88. The van der Waals surface area contributed by atoms with E-state index in [9.17, 15) is 13.5 Å². The van der Waals surface area contributed by atoms with Crippen molar-refractivity contribution >= 4 is 10.0 Å². The summed E-state index contributed by atoms with van der Waals surface area (Å²) < 4.78 is 24.7. The van der Waals surface area contributed by atoms with Gasteiger partial charge in [-0.15, -0.1) is 0 Å². The van der Waals surface area contributed by atoms with Crippen molar-refractivity contribution in [2.24, 2.45) is 0 Å². The van der Waals surface area contributed by atoms with Gasteiger partial charge in [-0.1, -0.05) is 12.1 Å². The monoisotopic (exact) mass is 310 g/mol. The lowest BCUT2D eigenvalue weighted by molar-refractivity contribution is 0.125. The van der Waals surface area contributed by atoms with E-state index < -0.39 is 10.0 Å². The quantitative estimate of drug-likeness (QED) is 0.896. The minimum Gasteiger partial charge on any atom is -0.508 e. The molecule has 5 nitrogen and oxygen atoms in total. The third kappa shape index (κ3) is 2.93. The molecule has 3 rings (SSSR count). The molecule has 0 amide bonds. The standard InChI is InChI=1S/C15H22N2O3S/c1-21(19,20)17-10-8-16(9-11-17)14-6-2-5-13-12(14)4-3-7-15(13)18/h3-4,7,14,18H,2,5-6,8-11H2,1H3. The number of benzene rings is 1. The van der Waals surface area contributed by atoms with Crippen LogP contribution in [0.3, 0.4) is 0 Å². The minimum atomic E-state index is -3.08. The highest BCUT2D eigenvalue weighted by Gasteiger charge is 2.31. The van der Waals surface area contributed by atoms with Crippen molar-refractivity contribution in [3.63, 3.8) is 0 Å². The molecular formula is C15H22N2O3S. The van der Waals surface area contributed by atoms with Gasteiger partial charge in [0.2, 0.25) is 10.0 Å². The molecule has 2 aliphatic rings. The molecule has 1 aliphatic carbocycles. The molecule has 1 atom stereocenters. The predicted molar refractivity (Wildman–Crippen MR) is 81.8 cm³/mol. The van der Waals surface area contributed by atoms with Crippen LogP contribution in [-0.4, -0.2) is 55.2 Å². The molecule has 0 bridgehead atoms. The fourth-order valence-corrected chi connectivity index (χ4v) is 4.36. The lowest BCUT2D eigenvalue weighted by Gasteiger charge is -2.40. The summed E-state index contributed by atoms with van der Waals surface area (Å²) in [6, 6.07) is 6.06. The SMILES string of the molecule is CS(=O)(=O)N1CCN(C2CCCc3c(O)cccc32)CC1. The van der Waals surface area contributed by atoms with Crippen molar-refractivity contribution in [1.82, 2.24) is 9.21 Å². The van der Waals surface area contributed by atoms with E-state index >= 15 is 0 Å². The number of sulfonamides is 1. The fraction of sp³-hybridized carbons (Fsp3) is 0.600. The summed E-state index contributed by atoms with van der Waals surface area (Å²) in [7, 11) is -3.08. The van der Waals surface area contributed by atoms with Crippen LogP contribution in [0.15, 0.2) is 18.2 Å². The summed E-state index contributed by atoms with van der Waals surface area (Å²) >= 11 is 0. The number of fused-ring (bicyclic) bond motifs is 1. The Morgan fingerprint density at radius 2 is 1.90 bits per heavy atom. The van der Waals surface area contributed by atoms with E-state index in [0.717, 1.165) is 37.9 Å². The molecule has 0 saturated carbocycles. The first kappa shape index (κ1) is 14.8. The van der Waals surface area contributed by atoms with Crippen LogP contribution in [0.2, 0.25) is 0 Å². The lowest BCUT2D eigenvalue weighted by Crippen LogP contribution is -2.49. The average molecular weight is 310 g/mol. The maximum Gasteiger partial charge on any atom is 0.211 e. The minimum absolute atomic E-state index is 0.308. The van der Waals surface area contributed by atoms with Gasteiger partial charge < -0.3 is 5.11 Å². The molecule has 1 aromatic carbocycles. The second kappa shape index (κ2) is 5.59. The Kier molecular flexibility index (Phi) is 3.94. The Balaban J connectivity index is 1.77. The normalized spacial score (nSPS) is 24.7. The maximum atomic E-state index is 11.6. The number of phenols is 1. The Labute approximate surface area is 126 Å². The Morgan fingerprint density at radius 3 is 2.57 bits per heavy atom. The highest BCUT2D eigenvalue weighted by Crippen LogP contribution is 2.38. The number of rotatable bonds is 2. The van der Waals surface area contributed by atoms with Gasteiger partial charge in [0.1, 0.15) is 5.75 Å². The van der Waals surface area contributed by atoms with E-state index in [4.69, 9.17) is 0 Å². The van der Waals surface area contributed by atoms with Crippen molar-refractivity contribution in [3.05, 3.63) is 29.3 Å². The van der Waals surface area contributed by atoms with Gasteiger partial charge >= 0.3 is 0 Å². The van der Waals surface area contributed by atoms with Crippen molar-refractivity contribution < 1.29 is 13.5 Å². The molecule has 6 heteroatoms. The molecule has 1 heterocycles. The third-order valence-electron chi connectivity index (χ3n) is 4.63. The molecule has 0 spiro atoms. The van der Waals surface area contributed by atoms with Crippen molar-refractivity contribution in [1.29, 1.82) is 0 Å². The van der Waals surface area contributed by atoms with Crippen LogP contribution in [0.25, 0.3) is 0 Å². The van der Waals surface area contributed by atoms with Crippen molar-refractivity contribution in [2.45, 2.75) is 25.3 Å². The molecule has 1 N–H and O–H groups in total. The number of piperazine rings is 1. The summed E-state index contributed by atoms with van der Waals surface area (Å²) in [6.45, 7) is 2.63. The molecule has 21 heavy (non-hydrogen) atoms. The van der Waals surface area contributed by atoms with E-state index in [0.29, 0.717) is 24.9 Å². The molecular weight excluding hydrogens is 288 g/mol. The van der Waals surface area contributed by atoms with Crippen LogP contribution in [0.5, 0.6) is 5.75 Å². The summed E-state index contributed by atoms with van der Waals surface area (Å²) in [5.41, 5.74) is 2.29. The summed E-state index contributed by atoms with van der Waals surface area (Å²) in [4.78, 5) is 2.36. The molecule has 0 radical (unpaired) electrons. The number of hydrogen-bond acceptors (Lipinski definition) is 4. The molecule has 1 aliphatic heterocycles. The summed E-state index contributed by atoms with van der Waals surface area (Å²) in [6.07, 6.45) is 4.36. The largest absolute Gasteiger partial charge is 0.508 e. The van der Waals surface area contributed by atoms with Gasteiger partial charge in [-0.25, -0.2) is 8.42 Å². The van der Waals surface area contributed by atoms with Crippen LogP contribution in [0, 0.1) is 0 Å². The second-order valence-electron chi connectivity index (χ2n) is 5.95. The highest BCUT2D eigenvalue weighted by atomic mass is 32.2. The Hall–Kier alpha value is -1.11. The maximum absolute atomic E-state index is 11.6. The molecule has 116 valence electrons. The van der Waals surface area contributed by atoms with Crippen LogP contribution >= 0.6 is 0 Å². The molecule has 1 aromatic rings. The zero-order chi connectivity index (χ0) is 15.0. The van der Waals surface area contributed by atoms with Crippen LogP contribution in [-0.2, 0) is 16.4 Å². The van der Waals surface area contributed by atoms with Gasteiger partial charge in [0.05, 0.1) is 6.26 Å². The smallest absolute Gasteiger partial charge is 0.211 e. The third-order valence-corrected chi connectivity index (χ3v) is 5.94. The number of aromatic hydroxyl groups is 1. The fourth-order valence-electron chi connectivity index (χ4n) is 3.53. The number of nitrogens with zero attached hydrogens (tertiary/aromatic N) is 2. The van der Waals surface area contributed by atoms with Crippen molar-refractivity contribution in [3.8, 4) is 5.75 Å². The summed E-state index contributed by atoms with van der Waals surface area (Å²) in [5, 5.41) is 10.0. The predicted octanol–water partition coefficient (Wildman–Crippen LogP) is 1.35. The van der Waals surface area contributed by atoms with Gasteiger partial charge in [0.15, 0.2) is 0 Å². The average Bonchev–Trinajstić information content (AvgIpc) is 2.46. The first-order valence-electron chi connectivity index (χ1n) is 7.47. The topological polar surface area (TPSA) is 60.9 Å². The van der Waals surface area contributed by atoms with Gasteiger partial charge in [-0.05, 0) is 36.5 Å². The van der Waals surface area contributed by atoms with Crippen LogP contribution in [0.4, 0.5) is 0 Å². The van der Waals surface area contributed by atoms with Crippen molar-refractivity contribution in [2.75, 3.05) is 32.4 Å². The van der Waals surface area contributed by atoms with E-state index in [1.54, 1.807) is 10.4 Å². The number of phenolic OH excluding ortho intramolecular Hbond substituents is 1. The van der Waals surface area contributed by atoms with E-state index in [-0.39, 0.29) is 0 Å². The zero-order valence-electron chi connectivity index (χ0n) is 12.3. The Morgan fingerprint density at radius 1 is 1.19 bits per heavy atom. The molecule has 1 saturated heterocycles. The molecule has 1 unspecified atom stereocenters. The number of hydrogen-bond donors (Lipinski definition) is 1. The van der Waals surface area contributed by atoms with Gasteiger partial charge in [0, 0.05) is 32.2 Å². The zero-order valence-corrected chi connectivity index (χ0v) is 13.1. The molecule has 0 aromatic heterocycles. The first-order chi connectivity index (χ1) is 9.97. The van der Waals surface area contributed by atoms with Crippen LogP contribution in [0.1, 0.15) is 30.0 Å². The lowest BCUT2D eigenvalue weighted by atomic mass is 9.86. The molecule has 1 fully saturated rings. The first-order valence-corrected chi connectivity index (χ1v) is 9.31. The Bertz CT molecular complexity index is 622. The summed E-state index contributed by atoms with van der Waals surface area (Å²) in [5.74, 6) is 0.395. The van der Waals surface area contributed by atoms with Gasteiger partial charge in [-0.3, -0.25) is 4.90 Å². The van der Waals surface area contributed by atoms with Gasteiger partial charge in [0.25, 0.3) is 0 Å². The van der Waals surface area contributed by atoms with Gasteiger partial charge in [-0.2, -0.15) is 4.31 Å². The van der Waals surface area contributed by atoms with E-state index in [1.165, 1.54) is 11.8 Å². The van der Waals surface area contributed by atoms with E-state index in [1.807, 2.05) is 6.07 Å². The van der Waals surface area contributed by atoms with E-state index in [2.05, 4.69) is 11.0 Å². The second-order valence-corrected chi connectivity index (χ2v) is 7.93.